The molecule has 0 radical (unpaired) electrons. The smallest absolute Gasteiger partial charge is 0.253 e. The van der Waals surface area contributed by atoms with E-state index >= 15 is 0 Å². The van der Waals surface area contributed by atoms with Gasteiger partial charge in [0.15, 0.2) is 0 Å². The van der Waals surface area contributed by atoms with Gasteiger partial charge in [0.1, 0.15) is 5.75 Å². The molecule has 0 fully saturated rings. The molecule has 1 N–H and O–H groups in total. The average molecular weight is 359 g/mol. The summed E-state index contributed by atoms with van der Waals surface area (Å²) in [5, 5.41) is 3.21. The molecule has 2 aromatic rings. The highest BCUT2D eigenvalue weighted by atomic mass is 35.5. The molecule has 0 unspecified atom stereocenters. The van der Waals surface area contributed by atoms with Crippen molar-refractivity contribution in [2.24, 2.45) is 0 Å². The van der Waals surface area contributed by atoms with E-state index in [-0.39, 0.29) is 11.8 Å². The van der Waals surface area contributed by atoms with Crippen LogP contribution in [0.25, 0.3) is 6.08 Å². The van der Waals surface area contributed by atoms with Gasteiger partial charge in [0.25, 0.3) is 5.91 Å². The number of hydrogen-bond donors (Lipinski definition) is 1. The lowest BCUT2D eigenvalue weighted by Crippen LogP contribution is -2.21. The molecule has 0 atom stereocenters. The maximum atomic E-state index is 12.0. The standard InChI is InChI=1S/C19H19ClN2O3/c1-22(2)19(24)14-6-8-15(9-7-14)21-18(23)11-5-13-4-10-17(25-3)16(20)12-13/h4-12H,1-3H3,(H,21,23). The molecule has 0 spiro atoms. The number of rotatable bonds is 5. The molecule has 0 aliphatic heterocycles. The molecular formula is C19H19ClN2O3. The van der Waals surface area contributed by atoms with Crippen molar-refractivity contribution in [1.82, 2.24) is 4.90 Å². The van der Waals surface area contributed by atoms with Gasteiger partial charge in [0, 0.05) is 31.4 Å². The number of hydrogen-bond acceptors (Lipinski definition) is 3. The van der Waals surface area contributed by atoms with Crippen LogP contribution in [0.4, 0.5) is 5.69 Å². The summed E-state index contributed by atoms with van der Waals surface area (Å²) in [4.78, 5) is 25.3. The van der Waals surface area contributed by atoms with Crippen LogP contribution in [0.15, 0.2) is 48.5 Å². The Kier molecular flexibility index (Phi) is 6.19. The second-order valence-corrected chi connectivity index (χ2v) is 5.90. The molecule has 2 rings (SSSR count). The number of nitrogens with one attached hydrogen (secondary N) is 1. The van der Waals surface area contributed by atoms with Gasteiger partial charge in [-0.05, 0) is 48.0 Å². The SMILES string of the molecule is COc1ccc(C=CC(=O)Nc2ccc(C(=O)N(C)C)cc2)cc1Cl. The Morgan fingerprint density at radius 2 is 1.80 bits per heavy atom. The summed E-state index contributed by atoms with van der Waals surface area (Å²) in [6.07, 6.45) is 3.07. The van der Waals surface area contributed by atoms with Crippen molar-refractivity contribution in [2.75, 3.05) is 26.5 Å². The quantitative estimate of drug-likeness (QED) is 0.829. The molecule has 0 saturated carbocycles. The van der Waals surface area contributed by atoms with Gasteiger partial charge in [-0.3, -0.25) is 9.59 Å². The summed E-state index contributed by atoms with van der Waals surface area (Å²) < 4.78 is 5.08. The van der Waals surface area contributed by atoms with E-state index in [1.807, 2.05) is 0 Å². The molecule has 6 heteroatoms. The van der Waals surface area contributed by atoms with Gasteiger partial charge in [0.2, 0.25) is 5.91 Å². The third-order valence-corrected chi connectivity index (χ3v) is 3.70. The summed E-state index contributed by atoms with van der Waals surface area (Å²) in [6.45, 7) is 0. The zero-order valence-corrected chi connectivity index (χ0v) is 15.0. The van der Waals surface area contributed by atoms with Gasteiger partial charge >= 0.3 is 0 Å². The predicted molar refractivity (Wildman–Crippen MR) is 100 cm³/mol. The van der Waals surface area contributed by atoms with Crippen molar-refractivity contribution in [1.29, 1.82) is 0 Å². The van der Waals surface area contributed by atoms with Crippen molar-refractivity contribution in [3.63, 3.8) is 0 Å². The Bertz CT molecular complexity index is 799. The lowest BCUT2D eigenvalue weighted by molar-refractivity contribution is -0.111. The number of nitrogens with zero attached hydrogens (tertiary/aromatic N) is 1. The second kappa shape index (κ2) is 8.35. The Morgan fingerprint density at radius 3 is 2.36 bits per heavy atom. The van der Waals surface area contributed by atoms with Crippen LogP contribution >= 0.6 is 11.6 Å². The van der Waals surface area contributed by atoms with E-state index < -0.39 is 0 Å². The van der Waals surface area contributed by atoms with Crippen LogP contribution in [0.2, 0.25) is 5.02 Å². The van der Waals surface area contributed by atoms with Gasteiger partial charge in [0.05, 0.1) is 12.1 Å². The summed E-state index contributed by atoms with van der Waals surface area (Å²) in [5.74, 6) is 0.211. The van der Waals surface area contributed by atoms with E-state index in [0.717, 1.165) is 5.56 Å². The minimum absolute atomic E-state index is 0.0887. The minimum Gasteiger partial charge on any atom is -0.495 e. The zero-order chi connectivity index (χ0) is 18.4. The maximum absolute atomic E-state index is 12.0. The highest BCUT2D eigenvalue weighted by Crippen LogP contribution is 2.25. The lowest BCUT2D eigenvalue weighted by Gasteiger charge is -2.10. The van der Waals surface area contributed by atoms with Gasteiger partial charge in [-0.25, -0.2) is 0 Å². The molecular weight excluding hydrogens is 340 g/mol. The molecule has 5 nitrogen and oxygen atoms in total. The van der Waals surface area contributed by atoms with Crippen molar-refractivity contribution < 1.29 is 14.3 Å². The largest absolute Gasteiger partial charge is 0.495 e. The Hall–Kier alpha value is -2.79. The number of anilines is 1. The van der Waals surface area contributed by atoms with Crippen molar-refractivity contribution in [3.8, 4) is 5.75 Å². The van der Waals surface area contributed by atoms with E-state index in [1.165, 1.54) is 11.0 Å². The average Bonchev–Trinajstić information content (AvgIpc) is 2.60. The first-order chi connectivity index (χ1) is 11.9. The lowest BCUT2D eigenvalue weighted by atomic mass is 10.2. The fourth-order valence-electron chi connectivity index (χ4n) is 2.10. The Labute approximate surface area is 151 Å². The Balaban J connectivity index is 2.00. The van der Waals surface area contributed by atoms with E-state index in [0.29, 0.717) is 22.0 Å². The highest BCUT2D eigenvalue weighted by Gasteiger charge is 2.07. The fraction of sp³-hybridized carbons (Fsp3) is 0.158. The van der Waals surface area contributed by atoms with E-state index in [4.69, 9.17) is 16.3 Å². The topological polar surface area (TPSA) is 58.6 Å². The number of benzene rings is 2. The third kappa shape index (κ3) is 5.09. The molecule has 0 bridgehead atoms. The monoisotopic (exact) mass is 358 g/mol. The molecule has 130 valence electrons. The predicted octanol–water partition coefficient (Wildman–Crippen LogP) is 3.70. The van der Waals surface area contributed by atoms with Gasteiger partial charge in [-0.1, -0.05) is 17.7 Å². The van der Waals surface area contributed by atoms with Crippen molar-refractivity contribution in [3.05, 3.63) is 64.7 Å². The first-order valence-electron chi connectivity index (χ1n) is 7.55. The molecule has 0 aliphatic rings. The molecule has 0 aromatic heterocycles. The van der Waals surface area contributed by atoms with Gasteiger partial charge in [-0.15, -0.1) is 0 Å². The fourth-order valence-corrected chi connectivity index (χ4v) is 2.36. The summed E-state index contributed by atoms with van der Waals surface area (Å²) in [5.41, 5.74) is 1.96. The first kappa shape index (κ1) is 18.5. The van der Waals surface area contributed by atoms with Gasteiger partial charge in [-0.2, -0.15) is 0 Å². The van der Waals surface area contributed by atoms with Crippen LogP contribution in [-0.4, -0.2) is 37.9 Å². The van der Waals surface area contributed by atoms with Crippen LogP contribution in [0.3, 0.4) is 0 Å². The summed E-state index contributed by atoms with van der Waals surface area (Å²) in [6, 6.07) is 12.0. The first-order valence-corrected chi connectivity index (χ1v) is 7.93. The molecule has 0 aliphatic carbocycles. The second-order valence-electron chi connectivity index (χ2n) is 5.49. The number of carbonyl (C=O) groups excluding carboxylic acids is 2. The minimum atomic E-state index is -0.279. The van der Waals surface area contributed by atoms with Crippen LogP contribution < -0.4 is 10.1 Å². The van der Waals surface area contributed by atoms with Crippen LogP contribution in [0.5, 0.6) is 5.75 Å². The molecule has 25 heavy (non-hydrogen) atoms. The number of ether oxygens (including phenoxy) is 1. The third-order valence-electron chi connectivity index (χ3n) is 3.41. The van der Waals surface area contributed by atoms with Crippen LogP contribution in [0, 0.1) is 0 Å². The Morgan fingerprint density at radius 1 is 1.12 bits per heavy atom. The maximum Gasteiger partial charge on any atom is 0.253 e. The number of carbonyl (C=O) groups is 2. The van der Waals surface area contributed by atoms with Crippen LogP contribution in [-0.2, 0) is 4.79 Å². The van der Waals surface area contributed by atoms with E-state index in [2.05, 4.69) is 5.32 Å². The normalized spacial score (nSPS) is 10.6. The number of methoxy groups -OCH3 is 1. The molecule has 0 saturated heterocycles. The van der Waals surface area contributed by atoms with E-state index in [9.17, 15) is 9.59 Å². The van der Waals surface area contributed by atoms with Crippen molar-refractivity contribution in [2.45, 2.75) is 0 Å². The molecule has 2 amide bonds. The summed E-state index contributed by atoms with van der Waals surface area (Å²) >= 11 is 6.05. The molecule has 0 heterocycles. The number of halogens is 1. The zero-order valence-electron chi connectivity index (χ0n) is 14.2. The number of amides is 2. The van der Waals surface area contributed by atoms with Crippen molar-refractivity contribution >= 4 is 35.2 Å². The molecule has 2 aromatic carbocycles. The van der Waals surface area contributed by atoms with E-state index in [1.54, 1.807) is 69.7 Å². The highest BCUT2D eigenvalue weighted by molar-refractivity contribution is 6.32. The van der Waals surface area contributed by atoms with Gasteiger partial charge < -0.3 is 15.0 Å². The summed E-state index contributed by atoms with van der Waals surface area (Å²) in [7, 11) is 4.92. The van der Waals surface area contributed by atoms with Crippen LogP contribution in [0.1, 0.15) is 15.9 Å².